The quantitative estimate of drug-likeness (QED) is 0.550. The van der Waals surface area contributed by atoms with Gasteiger partial charge in [-0.25, -0.2) is 10.3 Å². The fourth-order valence-corrected chi connectivity index (χ4v) is 1.89. The Morgan fingerprint density at radius 2 is 1.85 bits per heavy atom. The molecule has 1 aromatic carbocycles. The molecule has 108 valence electrons. The van der Waals surface area contributed by atoms with Crippen LogP contribution in [0.2, 0.25) is 0 Å². The van der Waals surface area contributed by atoms with Gasteiger partial charge in [0.05, 0.1) is 13.2 Å². The van der Waals surface area contributed by atoms with Crippen LogP contribution in [0.3, 0.4) is 0 Å². The van der Waals surface area contributed by atoms with E-state index in [1.165, 1.54) is 0 Å². The lowest BCUT2D eigenvalue weighted by Crippen LogP contribution is -2.45. The molecular weight excluding hydrogens is 262 g/mol. The van der Waals surface area contributed by atoms with Gasteiger partial charge < -0.3 is 15.0 Å². The van der Waals surface area contributed by atoms with E-state index in [9.17, 15) is 9.59 Å². The molecule has 0 saturated carbocycles. The molecule has 0 spiro atoms. The molecule has 1 aromatic rings. The minimum Gasteiger partial charge on any atom is -0.378 e. The largest absolute Gasteiger partial charge is 0.378 e. The Kier molecular flexibility index (Phi) is 4.91. The minimum absolute atomic E-state index is 0.120. The first-order chi connectivity index (χ1) is 9.70. The molecule has 2 rings (SSSR count). The van der Waals surface area contributed by atoms with Crippen LogP contribution in [0.25, 0.3) is 0 Å². The van der Waals surface area contributed by atoms with Crippen molar-refractivity contribution < 1.29 is 19.5 Å². The summed E-state index contributed by atoms with van der Waals surface area (Å²) in [6, 6.07) is 6.50. The van der Waals surface area contributed by atoms with Crippen molar-refractivity contribution >= 4 is 11.9 Å². The van der Waals surface area contributed by atoms with Gasteiger partial charge in [0.1, 0.15) is 0 Å². The number of amides is 3. The normalized spacial score (nSPS) is 14.8. The predicted octanol–water partition coefficient (Wildman–Crippen LogP) is 0.347. The summed E-state index contributed by atoms with van der Waals surface area (Å²) in [6.07, 6.45) is 0. The van der Waals surface area contributed by atoms with Gasteiger partial charge in [0.2, 0.25) is 0 Å². The Hall–Kier alpha value is -2.12. The van der Waals surface area contributed by atoms with Gasteiger partial charge in [-0.1, -0.05) is 12.1 Å². The molecule has 0 aliphatic carbocycles. The fourth-order valence-electron chi connectivity index (χ4n) is 1.89. The van der Waals surface area contributed by atoms with E-state index in [-0.39, 0.29) is 6.03 Å². The summed E-state index contributed by atoms with van der Waals surface area (Å²) < 4.78 is 5.18. The number of morpholine rings is 1. The molecule has 1 fully saturated rings. The molecule has 0 atom stereocenters. The van der Waals surface area contributed by atoms with Crippen LogP contribution in [0, 0.1) is 0 Å². The smallest absolute Gasteiger partial charge is 0.317 e. The highest BCUT2D eigenvalue weighted by molar-refractivity contribution is 5.93. The second-order valence-corrected chi connectivity index (χ2v) is 4.40. The highest BCUT2D eigenvalue weighted by Gasteiger charge is 2.16. The summed E-state index contributed by atoms with van der Waals surface area (Å²) in [6.45, 7) is 2.72. The van der Waals surface area contributed by atoms with Crippen molar-refractivity contribution in [3.63, 3.8) is 0 Å². The van der Waals surface area contributed by atoms with Crippen molar-refractivity contribution in [2.24, 2.45) is 0 Å². The number of nitrogens with zero attached hydrogens (tertiary/aromatic N) is 1. The number of hydroxylamine groups is 1. The van der Waals surface area contributed by atoms with Gasteiger partial charge in [0.15, 0.2) is 0 Å². The lowest BCUT2D eigenvalue weighted by Gasteiger charge is -2.26. The molecular formula is C13H17N3O4. The van der Waals surface area contributed by atoms with Gasteiger partial charge in [-0.3, -0.25) is 10.0 Å². The Bertz CT molecular complexity index is 469. The summed E-state index contributed by atoms with van der Waals surface area (Å²) in [5.41, 5.74) is 2.80. The molecule has 3 N–H and O–H groups in total. The van der Waals surface area contributed by atoms with Crippen LogP contribution in [0.5, 0.6) is 0 Å². The van der Waals surface area contributed by atoms with Crippen LogP contribution in [0.1, 0.15) is 15.9 Å². The van der Waals surface area contributed by atoms with E-state index < -0.39 is 5.91 Å². The monoisotopic (exact) mass is 279 g/mol. The van der Waals surface area contributed by atoms with Crippen molar-refractivity contribution in [1.29, 1.82) is 0 Å². The number of carbonyl (C=O) groups excluding carboxylic acids is 2. The predicted molar refractivity (Wildman–Crippen MR) is 70.3 cm³/mol. The molecule has 20 heavy (non-hydrogen) atoms. The second-order valence-electron chi connectivity index (χ2n) is 4.40. The Morgan fingerprint density at radius 3 is 2.45 bits per heavy atom. The average Bonchev–Trinajstić information content (AvgIpc) is 2.53. The van der Waals surface area contributed by atoms with E-state index in [4.69, 9.17) is 9.94 Å². The number of urea groups is 1. The topological polar surface area (TPSA) is 90.9 Å². The minimum atomic E-state index is -0.561. The van der Waals surface area contributed by atoms with Crippen LogP contribution >= 0.6 is 0 Å². The molecule has 3 amide bonds. The van der Waals surface area contributed by atoms with Gasteiger partial charge >= 0.3 is 6.03 Å². The van der Waals surface area contributed by atoms with E-state index in [1.54, 1.807) is 34.6 Å². The molecule has 7 nitrogen and oxygen atoms in total. The van der Waals surface area contributed by atoms with Crippen molar-refractivity contribution in [3.8, 4) is 0 Å². The van der Waals surface area contributed by atoms with Gasteiger partial charge in [-0.15, -0.1) is 0 Å². The van der Waals surface area contributed by atoms with Crippen LogP contribution in [0.15, 0.2) is 24.3 Å². The van der Waals surface area contributed by atoms with Crippen molar-refractivity contribution in [2.45, 2.75) is 6.54 Å². The zero-order valence-electron chi connectivity index (χ0n) is 11.0. The number of benzene rings is 1. The summed E-state index contributed by atoms with van der Waals surface area (Å²) in [7, 11) is 0. The van der Waals surface area contributed by atoms with E-state index >= 15 is 0 Å². The number of rotatable bonds is 3. The van der Waals surface area contributed by atoms with Gasteiger partial charge in [0.25, 0.3) is 5.91 Å². The maximum Gasteiger partial charge on any atom is 0.317 e. The van der Waals surface area contributed by atoms with Crippen LogP contribution < -0.4 is 10.8 Å². The third kappa shape index (κ3) is 3.69. The highest BCUT2D eigenvalue weighted by Crippen LogP contribution is 2.05. The molecule has 0 radical (unpaired) electrons. The summed E-state index contributed by atoms with van der Waals surface area (Å²) in [4.78, 5) is 24.7. The molecule has 0 unspecified atom stereocenters. The number of hydrogen-bond acceptors (Lipinski definition) is 4. The molecule has 0 aromatic heterocycles. The SMILES string of the molecule is O=C(NO)c1ccc(CNC(=O)N2CCOCC2)cc1. The zero-order chi connectivity index (χ0) is 14.4. The molecule has 0 bridgehead atoms. The number of nitrogens with one attached hydrogen (secondary N) is 2. The van der Waals surface area contributed by atoms with Gasteiger partial charge in [0, 0.05) is 25.2 Å². The summed E-state index contributed by atoms with van der Waals surface area (Å²) >= 11 is 0. The van der Waals surface area contributed by atoms with Crippen molar-refractivity contribution in [2.75, 3.05) is 26.3 Å². The summed E-state index contributed by atoms with van der Waals surface area (Å²) in [5, 5.41) is 11.3. The highest BCUT2D eigenvalue weighted by atomic mass is 16.5. The van der Waals surface area contributed by atoms with E-state index in [0.717, 1.165) is 5.56 Å². The lowest BCUT2D eigenvalue weighted by molar-refractivity contribution is 0.0531. The third-order valence-corrected chi connectivity index (χ3v) is 3.06. The van der Waals surface area contributed by atoms with Crippen LogP contribution in [-0.2, 0) is 11.3 Å². The van der Waals surface area contributed by atoms with Crippen molar-refractivity contribution in [3.05, 3.63) is 35.4 Å². The van der Waals surface area contributed by atoms with Crippen LogP contribution in [-0.4, -0.2) is 48.3 Å². The summed E-state index contributed by atoms with van der Waals surface area (Å²) in [5.74, 6) is -0.561. The molecule has 1 aliphatic heterocycles. The van der Waals surface area contributed by atoms with Gasteiger partial charge in [-0.05, 0) is 17.7 Å². The molecule has 1 heterocycles. The molecule has 1 aliphatic rings. The first-order valence-electron chi connectivity index (χ1n) is 6.34. The van der Waals surface area contributed by atoms with E-state index in [0.29, 0.717) is 38.4 Å². The first kappa shape index (κ1) is 14.3. The van der Waals surface area contributed by atoms with E-state index in [1.807, 2.05) is 0 Å². The molecule has 1 saturated heterocycles. The fraction of sp³-hybridized carbons (Fsp3) is 0.385. The number of carbonyl (C=O) groups is 2. The van der Waals surface area contributed by atoms with E-state index in [2.05, 4.69) is 5.32 Å². The Morgan fingerprint density at radius 1 is 1.20 bits per heavy atom. The lowest BCUT2D eigenvalue weighted by atomic mass is 10.1. The third-order valence-electron chi connectivity index (χ3n) is 3.06. The average molecular weight is 279 g/mol. The number of hydrogen-bond donors (Lipinski definition) is 3. The second kappa shape index (κ2) is 6.88. The Labute approximate surface area is 116 Å². The number of ether oxygens (including phenoxy) is 1. The Balaban J connectivity index is 1.84. The maximum absolute atomic E-state index is 11.9. The molecule has 7 heteroatoms. The first-order valence-corrected chi connectivity index (χ1v) is 6.34. The van der Waals surface area contributed by atoms with Gasteiger partial charge in [-0.2, -0.15) is 0 Å². The van der Waals surface area contributed by atoms with Crippen LogP contribution in [0.4, 0.5) is 4.79 Å². The standard InChI is InChI=1S/C13H17N3O4/c17-12(15-19)11-3-1-10(2-4-11)9-14-13(18)16-5-7-20-8-6-16/h1-4,19H,5-9H2,(H,14,18)(H,15,17). The van der Waals surface area contributed by atoms with Crippen molar-refractivity contribution in [1.82, 2.24) is 15.7 Å². The zero-order valence-corrected chi connectivity index (χ0v) is 11.0. The maximum atomic E-state index is 11.9.